The third-order valence-corrected chi connectivity index (χ3v) is 3.70. The van der Waals surface area contributed by atoms with Gasteiger partial charge in [-0.2, -0.15) is 0 Å². The van der Waals surface area contributed by atoms with Crippen molar-refractivity contribution in [2.75, 3.05) is 26.9 Å². The first kappa shape index (κ1) is 14.2. The highest BCUT2D eigenvalue weighted by Crippen LogP contribution is 2.34. The van der Waals surface area contributed by atoms with Crippen LogP contribution in [0.1, 0.15) is 32.4 Å². The first-order chi connectivity index (χ1) is 9.15. The van der Waals surface area contributed by atoms with E-state index in [-0.39, 0.29) is 0 Å². The SMILES string of the molecule is CCN(CC(NC)c1ccc2c(c1)OCO2)C(C)C. The summed E-state index contributed by atoms with van der Waals surface area (Å²) in [6, 6.07) is 7.04. The van der Waals surface area contributed by atoms with Crippen molar-refractivity contribution in [2.45, 2.75) is 32.9 Å². The molecule has 1 aromatic rings. The van der Waals surface area contributed by atoms with Crippen LogP contribution >= 0.6 is 0 Å². The molecule has 0 fully saturated rings. The quantitative estimate of drug-likeness (QED) is 0.855. The molecule has 4 heteroatoms. The monoisotopic (exact) mass is 264 g/mol. The first-order valence-corrected chi connectivity index (χ1v) is 6.96. The molecule has 1 aliphatic heterocycles. The highest BCUT2D eigenvalue weighted by molar-refractivity contribution is 5.45. The number of fused-ring (bicyclic) bond motifs is 1. The van der Waals surface area contributed by atoms with E-state index in [2.05, 4.69) is 43.1 Å². The minimum Gasteiger partial charge on any atom is -0.454 e. The van der Waals surface area contributed by atoms with Crippen LogP contribution in [0.2, 0.25) is 0 Å². The second-order valence-corrected chi connectivity index (χ2v) is 5.14. The molecule has 0 saturated heterocycles. The maximum absolute atomic E-state index is 5.45. The zero-order valence-electron chi connectivity index (χ0n) is 12.3. The fourth-order valence-electron chi connectivity index (χ4n) is 2.43. The van der Waals surface area contributed by atoms with E-state index in [4.69, 9.17) is 9.47 Å². The van der Waals surface area contributed by atoms with E-state index in [1.54, 1.807) is 0 Å². The van der Waals surface area contributed by atoms with Crippen LogP contribution in [0.3, 0.4) is 0 Å². The predicted molar refractivity (Wildman–Crippen MR) is 76.7 cm³/mol. The average molecular weight is 264 g/mol. The molecule has 4 nitrogen and oxygen atoms in total. The molecule has 1 aromatic carbocycles. The van der Waals surface area contributed by atoms with Crippen molar-refractivity contribution in [1.29, 1.82) is 0 Å². The van der Waals surface area contributed by atoms with Gasteiger partial charge in [0.2, 0.25) is 6.79 Å². The van der Waals surface area contributed by atoms with Crippen LogP contribution in [0.25, 0.3) is 0 Å². The van der Waals surface area contributed by atoms with Gasteiger partial charge in [0.15, 0.2) is 11.5 Å². The smallest absolute Gasteiger partial charge is 0.231 e. The van der Waals surface area contributed by atoms with Crippen molar-refractivity contribution in [3.63, 3.8) is 0 Å². The van der Waals surface area contributed by atoms with E-state index in [0.29, 0.717) is 18.9 Å². The summed E-state index contributed by atoms with van der Waals surface area (Å²) in [6.45, 7) is 9.04. The molecule has 1 N–H and O–H groups in total. The second-order valence-electron chi connectivity index (χ2n) is 5.14. The van der Waals surface area contributed by atoms with E-state index in [9.17, 15) is 0 Å². The molecule has 1 atom stereocenters. The van der Waals surface area contributed by atoms with Crippen LogP contribution in [-0.2, 0) is 0 Å². The molecular weight excluding hydrogens is 240 g/mol. The van der Waals surface area contributed by atoms with Crippen molar-refractivity contribution >= 4 is 0 Å². The Morgan fingerprint density at radius 2 is 2.00 bits per heavy atom. The van der Waals surface area contributed by atoms with Crippen LogP contribution in [0, 0.1) is 0 Å². The predicted octanol–water partition coefficient (Wildman–Crippen LogP) is 2.41. The fourth-order valence-corrected chi connectivity index (χ4v) is 2.43. The van der Waals surface area contributed by atoms with Crippen molar-refractivity contribution in [3.8, 4) is 11.5 Å². The lowest BCUT2D eigenvalue weighted by Gasteiger charge is -2.29. The number of nitrogens with one attached hydrogen (secondary N) is 1. The summed E-state index contributed by atoms with van der Waals surface area (Å²) < 4.78 is 10.8. The number of benzene rings is 1. The summed E-state index contributed by atoms with van der Waals surface area (Å²) >= 11 is 0. The molecule has 0 bridgehead atoms. The maximum atomic E-state index is 5.45. The maximum Gasteiger partial charge on any atom is 0.231 e. The number of ether oxygens (including phenoxy) is 2. The third-order valence-electron chi connectivity index (χ3n) is 3.70. The summed E-state index contributed by atoms with van der Waals surface area (Å²) in [4.78, 5) is 2.45. The van der Waals surface area contributed by atoms with E-state index in [1.165, 1.54) is 5.56 Å². The minimum atomic E-state index is 0.303. The Bertz CT molecular complexity index is 421. The van der Waals surface area contributed by atoms with Crippen LogP contribution in [0.4, 0.5) is 0 Å². The van der Waals surface area contributed by atoms with Crippen molar-refractivity contribution < 1.29 is 9.47 Å². The Morgan fingerprint density at radius 1 is 1.26 bits per heavy atom. The van der Waals surface area contributed by atoms with Gasteiger partial charge in [-0.25, -0.2) is 0 Å². The van der Waals surface area contributed by atoms with Gasteiger partial charge in [0.05, 0.1) is 0 Å². The molecule has 1 unspecified atom stereocenters. The molecule has 1 aliphatic rings. The van der Waals surface area contributed by atoms with Crippen LogP contribution in [0.5, 0.6) is 11.5 Å². The van der Waals surface area contributed by atoms with Crippen LogP contribution in [0.15, 0.2) is 18.2 Å². The van der Waals surface area contributed by atoms with Gasteiger partial charge in [-0.3, -0.25) is 4.90 Å². The molecular formula is C15H24N2O2. The lowest BCUT2D eigenvalue weighted by atomic mass is 10.1. The van der Waals surface area contributed by atoms with E-state index in [1.807, 2.05) is 13.1 Å². The molecule has 0 aromatic heterocycles. The van der Waals surface area contributed by atoms with Crippen molar-refractivity contribution in [2.24, 2.45) is 0 Å². The number of rotatable bonds is 6. The highest BCUT2D eigenvalue weighted by Gasteiger charge is 2.19. The number of hydrogen-bond donors (Lipinski definition) is 1. The first-order valence-electron chi connectivity index (χ1n) is 6.96. The molecule has 0 spiro atoms. The van der Waals surface area contributed by atoms with E-state index in [0.717, 1.165) is 24.6 Å². The van der Waals surface area contributed by atoms with Gasteiger partial charge >= 0.3 is 0 Å². The summed E-state index contributed by atoms with van der Waals surface area (Å²) in [5.41, 5.74) is 1.24. The third kappa shape index (κ3) is 3.19. The molecule has 0 aliphatic carbocycles. The van der Waals surface area contributed by atoms with Crippen LogP contribution in [-0.4, -0.2) is 37.9 Å². The second kappa shape index (κ2) is 6.26. The molecule has 19 heavy (non-hydrogen) atoms. The Morgan fingerprint density at radius 3 is 2.63 bits per heavy atom. The van der Waals surface area contributed by atoms with Gasteiger partial charge in [0, 0.05) is 18.6 Å². The van der Waals surface area contributed by atoms with Gasteiger partial charge in [-0.05, 0) is 45.1 Å². The number of nitrogens with zero attached hydrogens (tertiary/aromatic N) is 1. The van der Waals surface area contributed by atoms with Crippen molar-refractivity contribution in [3.05, 3.63) is 23.8 Å². The largest absolute Gasteiger partial charge is 0.454 e. The Hall–Kier alpha value is -1.26. The molecule has 106 valence electrons. The standard InChI is InChI=1S/C15H24N2O2/c1-5-17(11(2)3)9-13(16-4)12-6-7-14-15(8-12)19-10-18-14/h6-8,11,13,16H,5,9-10H2,1-4H3. The molecule has 0 saturated carbocycles. The zero-order chi connectivity index (χ0) is 13.8. The van der Waals surface area contributed by atoms with Gasteiger partial charge in [0.1, 0.15) is 0 Å². The van der Waals surface area contributed by atoms with E-state index >= 15 is 0 Å². The fraction of sp³-hybridized carbons (Fsp3) is 0.600. The Balaban J connectivity index is 2.13. The van der Waals surface area contributed by atoms with Gasteiger partial charge in [-0.15, -0.1) is 0 Å². The molecule has 0 radical (unpaired) electrons. The Kier molecular flexibility index (Phi) is 4.66. The lowest BCUT2D eigenvalue weighted by Crippen LogP contribution is -2.38. The number of likely N-dealkylation sites (N-methyl/N-ethyl adjacent to an activating group) is 2. The summed E-state index contributed by atoms with van der Waals surface area (Å²) in [7, 11) is 2.00. The van der Waals surface area contributed by atoms with Crippen LogP contribution < -0.4 is 14.8 Å². The normalized spacial score (nSPS) is 15.3. The summed E-state index contributed by atoms with van der Waals surface area (Å²) in [5.74, 6) is 1.69. The van der Waals surface area contributed by atoms with Crippen molar-refractivity contribution in [1.82, 2.24) is 10.2 Å². The van der Waals surface area contributed by atoms with E-state index < -0.39 is 0 Å². The summed E-state index contributed by atoms with van der Waals surface area (Å²) in [6.07, 6.45) is 0. The van der Waals surface area contributed by atoms with Gasteiger partial charge < -0.3 is 14.8 Å². The molecule has 0 amide bonds. The molecule has 2 rings (SSSR count). The lowest BCUT2D eigenvalue weighted by molar-refractivity contribution is 0.174. The highest BCUT2D eigenvalue weighted by atomic mass is 16.7. The number of hydrogen-bond acceptors (Lipinski definition) is 4. The Labute approximate surface area is 115 Å². The average Bonchev–Trinajstić information content (AvgIpc) is 2.86. The molecule has 1 heterocycles. The van der Waals surface area contributed by atoms with Gasteiger partial charge in [0.25, 0.3) is 0 Å². The minimum absolute atomic E-state index is 0.303. The zero-order valence-corrected chi connectivity index (χ0v) is 12.3. The topological polar surface area (TPSA) is 33.7 Å². The van der Waals surface area contributed by atoms with Gasteiger partial charge in [-0.1, -0.05) is 13.0 Å². The summed E-state index contributed by atoms with van der Waals surface area (Å²) in [5, 5.41) is 3.39.